The van der Waals surface area contributed by atoms with E-state index in [4.69, 9.17) is 16.3 Å². The largest absolute Gasteiger partial charge is 0.488 e. The predicted octanol–water partition coefficient (Wildman–Crippen LogP) is 5.35. The molecule has 2 aromatic carbocycles. The molecule has 0 saturated heterocycles. The summed E-state index contributed by atoms with van der Waals surface area (Å²) in [4.78, 5) is 4.36. The van der Waals surface area contributed by atoms with Crippen LogP contribution in [-0.4, -0.2) is 4.98 Å². The minimum Gasteiger partial charge on any atom is -0.488 e. The molecule has 0 aliphatic rings. The maximum Gasteiger partial charge on any atom is 0.132 e. The summed E-state index contributed by atoms with van der Waals surface area (Å²) in [6.07, 6.45) is 0. The Bertz CT molecular complexity index is 726. The molecule has 0 aliphatic carbocycles. The van der Waals surface area contributed by atoms with Crippen molar-refractivity contribution in [2.45, 2.75) is 13.5 Å². The number of hydrogen-bond acceptors (Lipinski definition) is 3. The number of ether oxygens (including phenoxy) is 1. The molecule has 3 rings (SSSR count). The molecule has 0 saturated carbocycles. The van der Waals surface area contributed by atoms with Gasteiger partial charge in [0.25, 0.3) is 0 Å². The lowest BCUT2D eigenvalue weighted by Crippen LogP contribution is -1.99. The van der Waals surface area contributed by atoms with Crippen LogP contribution in [0.3, 0.4) is 0 Å². The second-order valence-corrected chi connectivity index (χ2v) is 5.90. The highest BCUT2D eigenvalue weighted by Crippen LogP contribution is 2.36. The summed E-state index contributed by atoms with van der Waals surface area (Å²) in [5.41, 5.74) is 5.80. The van der Waals surface area contributed by atoms with Crippen LogP contribution in [0.5, 0.6) is 5.75 Å². The quantitative estimate of drug-likeness (QED) is 0.647. The molecular weight excluding hydrogens is 302 g/mol. The van der Waals surface area contributed by atoms with Crippen molar-refractivity contribution in [1.29, 1.82) is 0 Å². The molecule has 2 nitrogen and oxygen atoms in total. The average Bonchev–Trinajstić information content (AvgIpc) is 3.01. The van der Waals surface area contributed by atoms with Crippen molar-refractivity contribution >= 4 is 22.9 Å². The Balaban J connectivity index is 1.94. The number of benzene rings is 2. The zero-order valence-corrected chi connectivity index (χ0v) is 13.1. The van der Waals surface area contributed by atoms with Gasteiger partial charge in [0, 0.05) is 16.0 Å². The number of hydrogen-bond donors (Lipinski definition) is 0. The van der Waals surface area contributed by atoms with Gasteiger partial charge >= 0.3 is 0 Å². The molecule has 21 heavy (non-hydrogen) atoms. The summed E-state index contributed by atoms with van der Waals surface area (Å²) in [5, 5.41) is 2.70. The van der Waals surface area contributed by atoms with Crippen LogP contribution in [0.2, 0.25) is 5.02 Å². The molecule has 0 unspecified atom stereocenters. The number of nitrogens with zero attached hydrogens (tertiary/aromatic N) is 1. The van der Waals surface area contributed by atoms with Crippen LogP contribution in [0.4, 0.5) is 0 Å². The molecular formula is C17H14ClNOS. The van der Waals surface area contributed by atoms with Crippen LogP contribution < -0.4 is 4.74 Å². The number of thiazole rings is 1. The zero-order chi connectivity index (χ0) is 14.7. The van der Waals surface area contributed by atoms with Gasteiger partial charge in [-0.25, -0.2) is 4.98 Å². The molecule has 0 atom stereocenters. The SMILES string of the molecule is Cc1cc(Cl)cc(-c2cscn2)c1OCc1ccccc1. The van der Waals surface area contributed by atoms with Gasteiger partial charge in [-0.3, -0.25) is 0 Å². The van der Waals surface area contributed by atoms with E-state index in [1.165, 1.54) is 0 Å². The maximum atomic E-state index is 6.18. The minimum atomic E-state index is 0.528. The van der Waals surface area contributed by atoms with E-state index in [9.17, 15) is 0 Å². The normalized spacial score (nSPS) is 10.6. The average molecular weight is 316 g/mol. The third kappa shape index (κ3) is 3.26. The Morgan fingerprint density at radius 1 is 1.19 bits per heavy atom. The first-order chi connectivity index (χ1) is 10.2. The molecule has 0 aliphatic heterocycles. The third-order valence-electron chi connectivity index (χ3n) is 3.17. The van der Waals surface area contributed by atoms with Crippen molar-refractivity contribution < 1.29 is 4.74 Å². The first-order valence-corrected chi connectivity index (χ1v) is 7.91. The van der Waals surface area contributed by atoms with Gasteiger partial charge in [-0.15, -0.1) is 11.3 Å². The van der Waals surface area contributed by atoms with Gasteiger partial charge in [0.2, 0.25) is 0 Å². The van der Waals surface area contributed by atoms with Crippen LogP contribution in [0.1, 0.15) is 11.1 Å². The summed E-state index contributed by atoms with van der Waals surface area (Å²) < 4.78 is 6.04. The number of rotatable bonds is 4. The van der Waals surface area contributed by atoms with Crippen molar-refractivity contribution in [2.75, 3.05) is 0 Å². The van der Waals surface area contributed by atoms with Crippen LogP contribution in [0.15, 0.2) is 53.4 Å². The molecule has 0 fully saturated rings. The molecule has 0 spiro atoms. The topological polar surface area (TPSA) is 22.1 Å². The van der Waals surface area contributed by atoms with E-state index in [1.807, 2.05) is 60.3 Å². The van der Waals surface area contributed by atoms with E-state index in [2.05, 4.69) is 4.98 Å². The predicted molar refractivity (Wildman–Crippen MR) is 88.1 cm³/mol. The van der Waals surface area contributed by atoms with E-state index in [0.717, 1.165) is 28.1 Å². The highest BCUT2D eigenvalue weighted by molar-refractivity contribution is 7.07. The Kier molecular flexibility index (Phi) is 4.23. The van der Waals surface area contributed by atoms with Gasteiger partial charge < -0.3 is 4.74 Å². The summed E-state index contributed by atoms with van der Waals surface area (Å²) in [6, 6.07) is 13.9. The number of aryl methyl sites for hydroxylation is 1. The fourth-order valence-corrected chi connectivity index (χ4v) is 3.01. The van der Waals surface area contributed by atoms with Gasteiger partial charge in [0.15, 0.2) is 0 Å². The first kappa shape index (κ1) is 14.1. The Morgan fingerprint density at radius 2 is 2.00 bits per heavy atom. The van der Waals surface area contributed by atoms with Gasteiger partial charge in [-0.1, -0.05) is 41.9 Å². The molecule has 0 N–H and O–H groups in total. The van der Waals surface area contributed by atoms with Gasteiger partial charge in [0.1, 0.15) is 12.4 Å². The van der Waals surface area contributed by atoms with E-state index in [-0.39, 0.29) is 0 Å². The standard InChI is InChI=1S/C17H14ClNOS/c1-12-7-14(18)8-15(16-10-21-11-19-16)17(12)20-9-13-5-3-2-4-6-13/h2-8,10-11H,9H2,1H3. The van der Waals surface area contributed by atoms with E-state index in [1.54, 1.807) is 11.3 Å². The maximum absolute atomic E-state index is 6.18. The van der Waals surface area contributed by atoms with E-state index in [0.29, 0.717) is 11.6 Å². The van der Waals surface area contributed by atoms with Gasteiger partial charge in [-0.05, 0) is 30.2 Å². The lowest BCUT2D eigenvalue weighted by Gasteiger charge is -2.14. The van der Waals surface area contributed by atoms with E-state index >= 15 is 0 Å². The third-order valence-corrected chi connectivity index (χ3v) is 3.98. The van der Waals surface area contributed by atoms with Crippen LogP contribution in [0, 0.1) is 6.92 Å². The molecule has 0 amide bonds. The van der Waals surface area contributed by atoms with Gasteiger partial charge in [-0.2, -0.15) is 0 Å². The molecule has 106 valence electrons. The Morgan fingerprint density at radius 3 is 2.71 bits per heavy atom. The highest BCUT2D eigenvalue weighted by atomic mass is 35.5. The summed E-state index contributed by atoms with van der Waals surface area (Å²) >= 11 is 7.74. The van der Waals surface area contributed by atoms with Crippen LogP contribution in [-0.2, 0) is 6.61 Å². The van der Waals surface area contributed by atoms with E-state index < -0.39 is 0 Å². The summed E-state index contributed by atoms with van der Waals surface area (Å²) in [5.74, 6) is 0.842. The second-order valence-electron chi connectivity index (χ2n) is 4.75. The summed E-state index contributed by atoms with van der Waals surface area (Å²) in [7, 11) is 0. The molecule has 0 bridgehead atoms. The second kappa shape index (κ2) is 6.29. The number of aromatic nitrogens is 1. The fourth-order valence-electron chi connectivity index (χ4n) is 2.19. The zero-order valence-electron chi connectivity index (χ0n) is 11.5. The Labute approximate surface area is 133 Å². The monoisotopic (exact) mass is 315 g/mol. The lowest BCUT2D eigenvalue weighted by atomic mass is 10.1. The smallest absolute Gasteiger partial charge is 0.132 e. The first-order valence-electron chi connectivity index (χ1n) is 6.59. The minimum absolute atomic E-state index is 0.528. The fraction of sp³-hybridized carbons (Fsp3) is 0.118. The highest BCUT2D eigenvalue weighted by Gasteiger charge is 2.13. The van der Waals surface area contributed by atoms with Crippen molar-refractivity contribution in [1.82, 2.24) is 4.98 Å². The molecule has 0 radical (unpaired) electrons. The Hall–Kier alpha value is -1.84. The van der Waals surface area contributed by atoms with Crippen molar-refractivity contribution in [3.05, 3.63) is 69.5 Å². The lowest BCUT2D eigenvalue weighted by molar-refractivity contribution is 0.305. The van der Waals surface area contributed by atoms with Gasteiger partial charge in [0.05, 0.1) is 11.2 Å². The molecule has 3 aromatic rings. The number of halogens is 1. The van der Waals surface area contributed by atoms with Crippen molar-refractivity contribution in [3.8, 4) is 17.0 Å². The van der Waals surface area contributed by atoms with Crippen LogP contribution >= 0.6 is 22.9 Å². The van der Waals surface area contributed by atoms with Crippen molar-refractivity contribution in [2.24, 2.45) is 0 Å². The molecule has 4 heteroatoms. The van der Waals surface area contributed by atoms with Crippen LogP contribution in [0.25, 0.3) is 11.3 Å². The summed E-state index contributed by atoms with van der Waals surface area (Å²) in [6.45, 7) is 2.53. The molecule has 1 aromatic heterocycles. The van der Waals surface area contributed by atoms with Crippen molar-refractivity contribution in [3.63, 3.8) is 0 Å². The molecule has 1 heterocycles.